The molecule has 4 aliphatic heterocycles. The molecule has 7 amide bonds. The summed E-state index contributed by atoms with van der Waals surface area (Å²) in [5, 5.41) is 66.5. The molecule has 2 saturated heterocycles. The van der Waals surface area contributed by atoms with Crippen LogP contribution in [-0.2, 0) is 112 Å². The van der Waals surface area contributed by atoms with E-state index in [1.54, 1.807) is 44.3 Å². The van der Waals surface area contributed by atoms with E-state index in [-0.39, 0.29) is 73.3 Å². The first-order chi connectivity index (χ1) is 57.1. The maximum atomic E-state index is 14.4. The third kappa shape index (κ3) is 20.2. The molecule has 0 radical (unpaired) electrons. The molecular weight excluding hydrogens is 1640 g/mol. The van der Waals surface area contributed by atoms with Crippen LogP contribution in [0.2, 0.25) is 0 Å². The van der Waals surface area contributed by atoms with Crippen molar-refractivity contribution >= 4 is 112 Å². The van der Waals surface area contributed by atoms with Crippen molar-refractivity contribution in [3.63, 3.8) is 0 Å². The number of rotatable bonds is 35. The van der Waals surface area contributed by atoms with Gasteiger partial charge in [-0.2, -0.15) is 21.9 Å². The summed E-state index contributed by atoms with van der Waals surface area (Å²) in [6.07, 6.45) is -2.29. The number of imide groups is 1. The molecule has 4 aliphatic carbocycles. The number of carbonyl (C=O) groups is 10. The number of ether oxygens (including phenoxy) is 4. The maximum Gasteiger partial charge on any atom is 0.410 e. The summed E-state index contributed by atoms with van der Waals surface area (Å²) in [5.41, 5.74) is 4.00. The van der Waals surface area contributed by atoms with E-state index < -0.39 is 178 Å². The van der Waals surface area contributed by atoms with E-state index in [0.29, 0.717) is 89.6 Å². The first kappa shape index (κ1) is 88.7. The largest absolute Gasteiger partial charge is 0.479 e. The van der Waals surface area contributed by atoms with Gasteiger partial charge in [0.15, 0.2) is 22.7 Å². The fraction of sp³-hybridized carbons (Fsp3) is 0.524. The van der Waals surface area contributed by atoms with Crippen LogP contribution < -0.4 is 20.9 Å². The van der Waals surface area contributed by atoms with Gasteiger partial charge in [0.2, 0.25) is 17.7 Å². The van der Waals surface area contributed by atoms with Gasteiger partial charge in [-0.05, 0) is 152 Å². The molecule has 3 aromatic carbocycles. The maximum absolute atomic E-state index is 14.4. The monoisotopic (exact) mass is 1730 g/mol. The number of nitrogens with zero attached hydrogens (tertiary/aromatic N) is 8. The van der Waals surface area contributed by atoms with Crippen LogP contribution in [0.5, 0.6) is 0 Å². The Morgan fingerprint density at radius 3 is 2.19 bits per heavy atom. The van der Waals surface area contributed by atoms with Crippen LogP contribution in [0.15, 0.2) is 91.1 Å². The van der Waals surface area contributed by atoms with E-state index in [1.165, 1.54) is 30.4 Å². The Balaban J connectivity index is 0.665. The molecule has 11 atom stereocenters. The lowest BCUT2D eigenvalue weighted by atomic mass is 9.39. The quantitative estimate of drug-likeness (QED) is 0.0149. The third-order valence-corrected chi connectivity index (χ3v) is 26.5. The number of carbonyl (C=O) groups excluding carboxylic acids is 8. The number of amides is 7. The molecule has 39 heteroatoms. The number of hydrogen-bond acceptors (Lipinski definition) is 26. The summed E-state index contributed by atoms with van der Waals surface area (Å²) < 4.78 is 93.5. The van der Waals surface area contributed by atoms with Crippen LogP contribution in [0.1, 0.15) is 140 Å². The van der Waals surface area contributed by atoms with Crippen molar-refractivity contribution in [1.82, 2.24) is 45.1 Å². The number of aromatic carboxylic acids is 1. The minimum atomic E-state index is -4.67. The molecule has 10 N–H and O–H groups in total. The Labute approximate surface area is 700 Å². The molecule has 0 spiro atoms. The molecule has 4 saturated carbocycles. The van der Waals surface area contributed by atoms with Gasteiger partial charge in [-0.15, -0.1) is 0 Å². The van der Waals surface area contributed by atoms with Crippen molar-refractivity contribution < 1.29 is 118 Å². The highest BCUT2D eigenvalue weighted by atomic mass is 32.2. The molecule has 6 aromatic rings. The number of thiazole rings is 1. The second-order valence-electron chi connectivity index (χ2n) is 34.1. The van der Waals surface area contributed by atoms with E-state index in [2.05, 4.69) is 34.8 Å². The average Bonchev–Trinajstić information content (AvgIpc) is 0.884. The highest BCUT2D eigenvalue weighted by molar-refractivity contribution is 7.86. The number of benzene rings is 3. The number of ketones is 1. The Kier molecular flexibility index (Phi) is 26.0. The lowest BCUT2D eigenvalue weighted by molar-refractivity contribution is -0.248. The Morgan fingerprint density at radius 1 is 0.785 bits per heavy atom. The number of pyridine rings is 1. The van der Waals surface area contributed by atoms with E-state index in [0.717, 1.165) is 73.2 Å². The number of para-hydroxylation sites is 1. The fourth-order valence-corrected chi connectivity index (χ4v) is 21.2. The predicted octanol–water partition coefficient (Wildman–Crippen LogP) is 4.46. The standard InChI is InChI=1S/C82H99N11O25S3/c1-45(2)66(87-63(95)35-91-52(37-115-27-29-121(112,113)114)32-58(74(91)103)93-64(96)20-21-65(93)97)73(102)84-46(3)59(94)31-48-14-15-51(50(30-48)16-18-60-68(98)69(99)70(100)71(118-60)76(106)107)36-116-78(108)89(25-28-120(109,110)111)24-26-117-82-41-79(5)38-80(6,42-82)40-81(39-79,43-82)44-92-47(4)55(33-83-92)53-17-19-62(86-67(53)75(104)105)90-23-22-49-10-9-11-54(56(49)34-90)72(101)88-77-85-57-12-7-8-13-61(57)119-77/h7-15,17,19-21,30,33,45-46,52,58,60,66,68-71,98-100H,16,18,22-29,31-32,34-44H2,1-6H3,(H,84,102)(H,87,95)(H,104,105)(H,106,107)(H,85,88,101)(H,109,110,111)(H,112,113,114)/t46-,52-,58?,60-,66-,68-,69+,70-,71-,79?,80?,81?,82?/m0/s1. The lowest BCUT2D eigenvalue weighted by Gasteiger charge is -2.69. The summed E-state index contributed by atoms with van der Waals surface area (Å²) >= 11 is 1.38. The van der Waals surface area contributed by atoms with Crippen LogP contribution >= 0.6 is 11.3 Å². The number of carboxylic acid groups (broad SMARTS) is 2. The number of hydrogen-bond donors (Lipinski definition) is 10. The SMILES string of the molecule is Cc1c(-c2ccc(N3CCc4cccc(C(=O)Nc5nc6ccccc6s5)c4C3)nc2C(=O)O)cnn1CC12CC3(C)CC(C)(C1)CC(OCCN(CCS(=O)(=O)O)C(=O)OCc1ccc(CC(=O)[C@H](C)NC(=O)[C@@H](NC(=O)CN4C(=O)C(N5C(=O)C=CC5=O)C[C@H]4COCCS(=O)(=O)O)C(C)C)cc1CC[C@@H]1O[C@H](C(=O)O)[C@@H](O)[C@H](O)[C@H]1O)(C3)C2. The van der Waals surface area contributed by atoms with E-state index in [9.17, 15) is 99.4 Å². The van der Waals surface area contributed by atoms with Crippen molar-refractivity contribution in [2.45, 2.75) is 192 Å². The molecule has 6 fully saturated rings. The highest BCUT2D eigenvalue weighted by Crippen LogP contribution is 2.72. The van der Waals surface area contributed by atoms with Gasteiger partial charge in [0, 0.05) is 80.1 Å². The minimum absolute atomic E-state index is 0.0974. The van der Waals surface area contributed by atoms with Gasteiger partial charge in [0.05, 0.1) is 78.1 Å². The first-order valence-corrected chi connectivity index (χ1v) is 44.0. The van der Waals surface area contributed by atoms with Gasteiger partial charge in [-0.1, -0.05) is 81.5 Å². The Bertz CT molecular complexity index is 5280. The molecule has 4 bridgehead atoms. The average molecular weight is 1730 g/mol. The van der Waals surface area contributed by atoms with Gasteiger partial charge >= 0.3 is 18.0 Å². The summed E-state index contributed by atoms with van der Waals surface area (Å²) in [5.74, 6) is -9.67. The number of carboxylic acids is 2. The second-order valence-corrected chi connectivity index (χ2v) is 38.3. The molecule has 121 heavy (non-hydrogen) atoms. The van der Waals surface area contributed by atoms with Crippen molar-refractivity contribution in [3.8, 4) is 11.1 Å². The number of aliphatic hydroxyl groups excluding tert-OH is 3. The van der Waals surface area contributed by atoms with E-state index in [1.807, 2.05) is 52.9 Å². The smallest absolute Gasteiger partial charge is 0.410 e. The number of Topliss-reactive ketones (excluding diaryl/α,β-unsaturated/α-hetero) is 1. The zero-order chi connectivity index (χ0) is 87.2. The fourth-order valence-electron chi connectivity index (χ4n) is 19.6. The van der Waals surface area contributed by atoms with Gasteiger partial charge in [-0.3, -0.25) is 57.6 Å². The molecule has 650 valence electrons. The third-order valence-electron chi connectivity index (χ3n) is 24.1. The molecular formula is C82H99N11O25S3. The topological polar surface area (TPSA) is 510 Å². The van der Waals surface area contributed by atoms with Crippen LogP contribution in [0.3, 0.4) is 0 Å². The lowest BCUT2D eigenvalue weighted by Crippen LogP contribution is -2.64. The second kappa shape index (κ2) is 35.4. The van der Waals surface area contributed by atoms with Gasteiger partial charge in [0.25, 0.3) is 38.0 Å². The van der Waals surface area contributed by atoms with Crippen LogP contribution in [0.25, 0.3) is 21.3 Å². The highest BCUT2D eigenvalue weighted by Gasteiger charge is 2.66. The number of aromatic nitrogens is 4. The molecule has 14 rings (SSSR count). The van der Waals surface area contributed by atoms with Crippen molar-refractivity contribution in [1.29, 1.82) is 0 Å². The van der Waals surface area contributed by atoms with Gasteiger partial charge < -0.3 is 69.8 Å². The molecule has 7 heterocycles. The minimum Gasteiger partial charge on any atom is -0.479 e. The molecule has 3 aromatic heterocycles. The number of aliphatic hydroxyl groups is 3. The predicted molar refractivity (Wildman–Crippen MR) is 433 cm³/mol. The molecule has 8 aliphatic rings. The summed E-state index contributed by atoms with van der Waals surface area (Å²) in [6, 6.07) is 16.4. The summed E-state index contributed by atoms with van der Waals surface area (Å²) in [7, 11) is -9.11. The normalized spacial score (nSPS) is 25.6. The van der Waals surface area contributed by atoms with Gasteiger partial charge in [-0.25, -0.2) is 24.4 Å². The number of aliphatic carboxylic acids is 1. The Morgan fingerprint density at radius 2 is 1.50 bits per heavy atom. The number of likely N-dealkylation sites (tertiary alicyclic amines) is 1. The molecule has 3 unspecified atom stereocenters. The zero-order valence-electron chi connectivity index (χ0n) is 67.5. The van der Waals surface area contributed by atoms with E-state index >= 15 is 0 Å². The van der Waals surface area contributed by atoms with E-state index in [4.69, 9.17) is 29.0 Å². The molecule has 36 nitrogen and oxygen atoms in total. The Hall–Kier alpha value is -10.1. The number of nitrogens with one attached hydrogen (secondary N) is 3. The number of fused-ring (bicyclic) bond motifs is 2. The number of anilines is 2. The number of aryl methyl sites for hydroxylation is 1. The zero-order valence-corrected chi connectivity index (χ0v) is 69.9. The van der Waals surface area contributed by atoms with Crippen LogP contribution in [-0.4, -0.2) is 263 Å². The van der Waals surface area contributed by atoms with Crippen molar-refractivity contribution in [2.75, 3.05) is 67.7 Å². The van der Waals surface area contributed by atoms with Crippen LogP contribution in [0.4, 0.5) is 15.7 Å². The van der Waals surface area contributed by atoms with Crippen molar-refractivity contribution in [3.05, 3.63) is 136 Å². The first-order valence-electron chi connectivity index (χ1n) is 39.9. The van der Waals surface area contributed by atoms with Crippen LogP contribution in [0, 0.1) is 29.1 Å². The van der Waals surface area contributed by atoms with Gasteiger partial charge in [0.1, 0.15) is 42.8 Å². The summed E-state index contributed by atoms with van der Waals surface area (Å²) in [4.78, 5) is 149. The summed E-state index contributed by atoms with van der Waals surface area (Å²) in [6.45, 7) is 9.29. The van der Waals surface area contributed by atoms with Crippen molar-refractivity contribution in [2.24, 2.45) is 22.2 Å².